The van der Waals surface area contributed by atoms with Gasteiger partial charge in [0.15, 0.2) is 0 Å². The van der Waals surface area contributed by atoms with Crippen LogP contribution < -0.4 is 4.74 Å². The number of ether oxygens (including phenoxy) is 1. The minimum absolute atomic E-state index is 0.0240. The first-order valence-corrected chi connectivity index (χ1v) is 6.93. The minimum Gasteiger partial charge on any atom is -0.488 e. The second kappa shape index (κ2) is 6.54. The van der Waals surface area contributed by atoms with Gasteiger partial charge in [0.2, 0.25) is 0 Å². The zero-order valence-electron chi connectivity index (χ0n) is 10.6. The van der Waals surface area contributed by atoms with Crippen LogP contribution in [0.1, 0.15) is 21.5 Å². The molecule has 0 atom stereocenters. The molecule has 0 bridgehead atoms. The Hall–Kier alpha value is -2.14. The highest BCUT2D eigenvalue weighted by molar-refractivity contribution is 14.1. The van der Waals surface area contributed by atoms with Crippen LogP contribution >= 0.6 is 22.6 Å². The highest BCUT2D eigenvalue weighted by Crippen LogP contribution is 2.23. The molecule has 0 saturated carbocycles. The molecular formula is C15H9FINO3. The monoisotopic (exact) mass is 397 g/mol. The molecule has 2 aromatic carbocycles. The van der Waals surface area contributed by atoms with Gasteiger partial charge in [0.05, 0.1) is 11.6 Å². The molecule has 0 amide bonds. The fourth-order valence-corrected chi connectivity index (χ4v) is 2.18. The van der Waals surface area contributed by atoms with Crippen LogP contribution in [-0.4, -0.2) is 11.1 Å². The molecule has 1 N–H and O–H groups in total. The first kappa shape index (κ1) is 15.3. The van der Waals surface area contributed by atoms with Gasteiger partial charge in [-0.3, -0.25) is 0 Å². The number of benzene rings is 2. The Morgan fingerprint density at radius 2 is 2.10 bits per heavy atom. The minimum atomic E-state index is -1.11. The summed E-state index contributed by atoms with van der Waals surface area (Å²) in [5.74, 6) is -1.49. The van der Waals surface area contributed by atoms with E-state index < -0.39 is 11.8 Å². The number of nitriles is 1. The largest absolute Gasteiger partial charge is 0.488 e. The number of halogens is 2. The molecule has 0 spiro atoms. The van der Waals surface area contributed by atoms with E-state index in [1.165, 1.54) is 24.3 Å². The van der Waals surface area contributed by atoms with E-state index in [-0.39, 0.29) is 29.0 Å². The number of nitrogens with zero attached hydrogens (tertiary/aromatic N) is 1. The Labute approximate surface area is 133 Å². The van der Waals surface area contributed by atoms with Crippen LogP contribution in [0.15, 0.2) is 36.4 Å². The van der Waals surface area contributed by atoms with Gasteiger partial charge >= 0.3 is 5.97 Å². The van der Waals surface area contributed by atoms with Crippen molar-refractivity contribution in [2.75, 3.05) is 0 Å². The van der Waals surface area contributed by atoms with E-state index in [2.05, 4.69) is 0 Å². The summed E-state index contributed by atoms with van der Waals surface area (Å²) >= 11 is 2.00. The lowest BCUT2D eigenvalue weighted by Crippen LogP contribution is -2.05. The molecule has 6 heteroatoms. The summed E-state index contributed by atoms with van der Waals surface area (Å²) in [4.78, 5) is 11.1. The number of carboxylic acids is 1. The smallest absolute Gasteiger partial charge is 0.339 e. The standard InChI is InChI=1S/C15H9FINO3/c16-13-5-9(7-18)1-2-10(13)8-21-14-4-3-11(17)6-12(14)15(19)20/h1-6H,8H2,(H,19,20). The molecule has 0 aliphatic heterocycles. The Balaban J connectivity index is 2.21. The Morgan fingerprint density at radius 3 is 2.71 bits per heavy atom. The van der Waals surface area contributed by atoms with Crippen molar-refractivity contribution in [3.05, 3.63) is 62.5 Å². The van der Waals surface area contributed by atoms with Gasteiger partial charge in [0.1, 0.15) is 23.7 Å². The second-order valence-electron chi connectivity index (χ2n) is 4.15. The van der Waals surface area contributed by atoms with Crippen LogP contribution in [0.25, 0.3) is 0 Å². The Kier molecular flexibility index (Phi) is 4.75. The summed E-state index contributed by atoms with van der Waals surface area (Å²) < 4.78 is 19.9. The van der Waals surface area contributed by atoms with Gasteiger partial charge in [-0.2, -0.15) is 5.26 Å². The maximum absolute atomic E-state index is 13.7. The number of carbonyl (C=O) groups is 1. The first-order chi connectivity index (χ1) is 10.0. The molecule has 0 radical (unpaired) electrons. The molecule has 106 valence electrons. The summed E-state index contributed by atoms with van der Waals surface area (Å²) in [5.41, 5.74) is 0.497. The van der Waals surface area contributed by atoms with E-state index >= 15 is 0 Å². The van der Waals surface area contributed by atoms with E-state index in [0.717, 1.165) is 9.64 Å². The summed E-state index contributed by atoms with van der Waals surface area (Å²) in [7, 11) is 0. The quantitative estimate of drug-likeness (QED) is 0.801. The van der Waals surface area contributed by atoms with Crippen LogP contribution in [0.4, 0.5) is 4.39 Å². The third kappa shape index (κ3) is 3.70. The lowest BCUT2D eigenvalue weighted by atomic mass is 10.1. The summed E-state index contributed by atoms with van der Waals surface area (Å²) in [5, 5.41) is 17.8. The lowest BCUT2D eigenvalue weighted by molar-refractivity contribution is 0.0691. The van der Waals surface area contributed by atoms with Crippen LogP contribution in [0.2, 0.25) is 0 Å². The average molecular weight is 397 g/mol. The van der Waals surface area contributed by atoms with Crippen molar-refractivity contribution < 1.29 is 19.0 Å². The molecule has 0 aliphatic carbocycles. The van der Waals surface area contributed by atoms with Gasteiger partial charge < -0.3 is 9.84 Å². The zero-order chi connectivity index (χ0) is 15.4. The molecule has 2 rings (SSSR count). The number of carboxylic acid groups (broad SMARTS) is 1. The zero-order valence-corrected chi connectivity index (χ0v) is 12.8. The van der Waals surface area contributed by atoms with Gasteiger partial charge in [0, 0.05) is 9.13 Å². The third-order valence-electron chi connectivity index (χ3n) is 2.74. The number of hydrogen-bond acceptors (Lipinski definition) is 3. The van der Waals surface area contributed by atoms with Gasteiger partial charge in [-0.05, 0) is 52.9 Å². The van der Waals surface area contributed by atoms with E-state index in [0.29, 0.717) is 0 Å². The van der Waals surface area contributed by atoms with Crippen molar-refractivity contribution >= 4 is 28.6 Å². The Bertz CT molecular complexity index is 740. The maximum atomic E-state index is 13.7. The molecule has 4 nitrogen and oxygen atoms in total. The molecule has 0 saturated heterocycles. The normalized spacial score (nSPS) is 9.95. The van der Waals surface area contributed by atoms with Crippen molar-refractivity contribution in [3.8, 4) is 11.8 Å². The average Bonchev–Trinajstić information content (AvgIpc) is 2.46. The van der Waals surface area contributed by atoms with E-state index in [1.807, 2.05) is 28.7 Å². The number of rotatable bonds is 4. The van der Waals surface area contributed by atoms with Crippen molar-refractivity contribution in [3.63, 3.8) is 0 Å². The molecular weight excluding hydrogens is 388 g/mol. The SMILES string of the molecule is N#Cc1ccc(COc2ccc(I)cc2C(=O)O)c(F)c1. The number of aromatic carboxylic acids is 1. The fraction of sp³-hybridized carbons (Fsp3) is 0.0667. The van der Waals surface area contributed by atoms with Crippen LogP contribution in [0.5, 0.6) is 5.75 Å². The van der Waals surface area contributed by atoms with Crippen LogP contribution in [0.3, 0.4) is 0 Å². The van der Waals surface area contributed by atoms with E-state index in [1.54, 1.807) is 6.07 Å². The lowest BCUT2D eigenvalue weighted by Gasteiger charge is -2.10. The maximum Gasteiger partial charge on any atom is 0.339 e. The van der Waals surface area contributed by atoms with Crippen LogP contribution in [0, 0.1) is 20.7 Å². The molecule has 0 aromatic heterocycles. The molecule has 0 heterocycles. The molecule has 0 fully saturated rings. The predicted molar refractivity (Wildman–Crippen MR) is 81.6 cm³/mol. The van der Waals surface area contributed by atoms with E-state index in [4.69, 9.17) is 15.1 Å². The molecule has 0 unspecified atom stereocenters. The van der Waals surface area contributed by atoms with Crippen LogP contribution in [-0.2, 0) is 6.61 Å². The van der Waals surface area contributed by atoms with Gasteiger partial charge in [0.25, 0.3) is 0 Å². The molecule has 2 aromatic rings. The summed E-state index contributed by atoms with van der Waals surface area (Å²) in [6.07, 6.45) is 0. The van der Waals surface area contributed by atoms with Crippen molar-refractivity contribution in [2.24, 2.45) is 0 Å². The highest BCUT2D eigenvalue weighted by atomic mass is 127. The molecule has 21 heavy (non-hydrogen) atoms. The summed E-state index contributed by atoms with van der Waals surface area (Å²) in [6.45, 7) is -0.113. The first-order valence-electron chi connectivity index (χ1n) is 5.85. The molecule has 0 aliphatic rings. The third-order valence-corrected chi connectivity index (χ3v) is 3.41. The topological polar surface area (TPSA) is 70.3 Å². The second-order valence-corrected chi connectivity index (χ2v) is 5.40. The van der Waals surface area contributed by atoms with Crippen molar-refractivity contribution in [2.45, 2.75) is 6.61 Å². The van der Waals surface area contributed by atoms with E-state index in [9.17, 15) is 9.18 Å². The number of hydrogen-bond donors (Lipinski definition) is 1. The highest BCUT2D eigenvalue weighted by Gasteiger charge is 2.13. The van der Waals surface area contributed by atoms with Gasteiger partial charge in [-0.25, -0.2) is 9.18 Å². The van der Waals surface area contributed by atoms with Gasteiger partial charge in [-0.15, -0.1) is 0 Å². The predicted octanol–water partition coefficient (Wildman–Crippen LogP) is 3.58. The van der Waals surface area contributed by atoms with Crippen molar-refractivity contribution in [1.29, 1.82) is 5.26 Å². The Morgan fingerprint density at radius 1 is 1.33 bits per heavy atom. The van der Waals surface area contributed by atoms with Gasteiger partial charge in [-0.1, -0.05) is 6.07 Å². The fourth-order valence-electron chi connectivity index (χ4n) is 1.68. The summed E-state index contributed by atoms with van der Waals surface area (Å²) in [6, 6.07) is 10.6. The van der Waals surface area contributed by atoms with Crippen molar-refractivity contribution in [1.82, 2.24) is 0 Å².